The van der Waals surface area contributed by atoms with Crippen LogP contribution in [0.5, 0.6) is 5.75 Å². The molecule has 0 radical (unpaired) electrons. The van der Waals surface area contributed by atoms with Gasteiger partial charge in [-0.1, -0.05) is 31.0 Å². The van der Waals surface area contributed by atoms with Gasteiger partial charge in [0.25, 0.3) is 5.91 Å². The molecule has 1 amide bonds. The zero-order valence-corrected chi connectivity index (χ0v) is 18.6. The number of amides is 1. The number of halogens is 4. The number of carboxylic acids is 1. The van der Waals surface area contributed by atoms with E-state index in [1.54, 1.807) is 0 Å². The molecule has 9 heteroatoms. The van der Waals surface area contributed by atoms with Crippen LogP contribution in [-0.4, -0.2) is 23.0 Å². The van der Waals surface area contributed by atoms with Gasteiger partial charge in [0, 0.05) is 5.39 Å². The predicted octanol–water partition coefficient (Wildman–Crippen LogP) is 5.95. The Morgan fingerprint density at radius 3 is 2.34 bits per heavy atom. The number of carbonyl (C=O) groups excluding carboxylic acids is 1. The van der Waals surface area contributed by atoms with Crippen LogP contribution >= 0.6 is 0 Å². The van der Waals surface area contributed by atoms with E-state index in [-0.39, 0.29) is 23.8 Å². The van der Waals surface area contributed by atoms with Gasteiger partial charge in [-0.3, -0.25) is 4.79 Å². The van der Waals surface area contributed by atoms with Crippen molar-refractivity contribution < 1.29 is 37.0 Å². The van der Waals surface area contributed by atoms with Gasteiger partial charge in [0.1, 0.15) is 24.2 Å². The zero-order chi connectivity index (χ0) is 25.2. The van der Waals surface area contributed by atoms with Crippen LogP contribution < -0.4 is 10.1 Å². The molecule has 0 aliphatic heterocycles. The Kier molecular flexibility index (Phi) is 6.95. The predicted molar refractivity (Wildman–Crippen MR) is 121 cm³/mol. The van der Waals surface area contributed by atoms with Gasteiger partial charge in [0.05, 0.1) is 11.1 Å². The summed E-state index contributed by atoms with van der Waals surface area (Å²) in [5.41, 5.74) is -0.313. The highest BCUT2D eigenvalue weighted by Crippen LogP contribution is 2.33. The van der Waals surface area contributed by atoms with E-state index >= 15 is 0 Å². The molecule has 0 saturated heterocycles. The molecule has 2 N–H and O–H groups in total. The number of ether oxygens (including phenoxy) is 1. The first-order valence-corrected chi connectivity index (χ1v) is 11.2. The quantitative estimate of drug-likeness (QED) is 0.402. The lowest BCUT2D eigenvalue weighted by Crippen LogP contribution is -2.45. The van der Waals surface area contributed by atoms with E-state index in [4.69, 9.17) is 4.74 Å². The van der Waals surface area contributed by atoms with Crippen molar-refractivity contribution in [2.45, 2.75) is 44.5 Å². The van der Waals surface area contributed by atoms with Crippen molar-refractivity contribution in [3.8, 4) is 5.75 Å². The SMILES string of the molecule is O=C(NC(C(=O)O)C1CCCC1)c1ccc2cc(F)ccc2c1OCc1ccc(C(F)(F)F)cc1. The third kappa shape index (κ3) is 5.55. The van der Waals surface area contributed by atoms with Gasteiger partial charge < -0.3 is 15.2 Å². The second kappa shape index (κ2) is 9.93. The second-order valence-electron chi connectivity index (χ2n) is 8.62. The average Bonchev–Trinajstić information content (AvgIpc) is 3.34. The molecule has 0 heterocycles. The summed E-state index contributed by atoms with van der Waals surface area (Å²) in [5, 5.41) is 13.1. The molecule has 0 bridgehead atoms. The minimum absolute atomic E-state index is 0.0558. The first-order valence-electron chi connectivity index (χ1n) is 11.2. The molecule has 1 fully saturated rings. The summed E-state index contributed by atoms with van der Waals surface area (Å²) in [6, 6.07) is 10.2. The molecule has 1 aliphatic carbocycles. The molecule has 5 nitrogen and oxygen atoms in total. The largest absolute Gasteiger partial charge is 0.487 e. The third-order valence-corrected chi connectivity index (χ3v) is 6.27. The molecular weight excluding hydrogens is 466 g/mol. The molecule has 0 aromatic heterocycles. The van der Waals surface area contributed by atoms with Crippen molar-refractivity contribution >= 4 is 22.6 Å². The number of carbonyl (C=O) groups is 2. The summed E-state index contributed by atoms with van der Waals surface area (Å²) in [6.45, 7) is -0.153. The van der Waals surface area contributed by atoms with E-state index in [1.807, 2.05) is 0 Å². The van der Waals surface area contributed by atoms with Gasteiger partial charge in [-0.2, -0.15) is 13.2 Å². The summed E-state index contributed by atoms with van der Waals surface area (Å²) in [5.74, 6) is -2.35. The highest BCUT2D eigenvalue weighted by atomic mass is 19.4. The number of nitrogens with one attached hydrogen (secondary N) is 1. The summed E-state index contributed by atoms with van der Waals surface area (Å²) < 4.78 is 58.2. The Morgan fingerprint density at radius 2 is 1.71 bits per heavy atom. The smallest absolute Gasteiger partial charge is 0.416 e. The van der Waals surface area contributed by atoms with E-state index in [0.717, 1.165) is 25.0 Å². The lowest BCUT2D eigenvalue weighted by atomic mass is 9.97. The molecule has 1 aliphatic rings. The van der Waals surface area contributed by atoms with E-state index in [0.29, 0.717) is 29.2 Å². The zero-order valence-electron chi connectivity index (χ0n) is 18.6. The Bertz CT molecular complexity index is 1230. The standard InChI is InChI=1S/C26H23F4NO4/c27-19-10-12-20-17(13-19)7-11-21(24(32)31-22(25(33)34)16-3-1-2-4-16)23(20)35-14-15-5-8-18(9-6-15)26(28,29)30/h5-13,16,22H,1-4,14H2,(H,31,32)(H,33,34). The van der Waals surface area contributed by atoms with Crippen molar-refractivity contribution in [3.63, 3.8) is 0 Å². The van der Waals surface area contributed by atoms with Crippen molar-refractivity contribution in [2.75, 3.05) is 0 Å². The van der Waals surface area contributed by atoms with Crippen LogP contribution in [-0.2, 0) is 17.6 Å². The normalized spacial score (nSPS) is 15.2. The number of hydrogen-bond donors (Lipinski definition) is 2. The van der Waals surface area contributed by atoms with Crippen molar-refractivity contribution in [1.82, 2.24) is 5.32 Å². The van der Waals surface area contributed by atoms with Gasteiger partial charge in [0.15, 0.2) is 0 Å². The Balaban J connectivity index is 1.64. The number of fused-ring (bicyclic) bond motifs is 1. The van der Waals surface area contributed by atoms with Crippen LogP contribution in [0.25, 0.3) is 10.8 Å². The summed E-state index contributed by atoms with van der Waals surface area (Å²) in [7, 11) is 0. The van der Waals surface area contributed by atoms with Crippen molar-refractivity contribution in [1.29, 1.82) is 0 Å². The van der Waals surface area contributed by atoms with Gasteiger partial charge in [-0.05, 0) is 66.1 Å². The maximum absolute atomic E-state index is 13.8. The lowest BCUT2D eigenvalue weighted by Gasteiger charge is -2.22. The maximum atomic E-state index is 13.8. The highest BCUT2D eigenvalue weighted by Gasteiger charge is 2.33. The maximum Gasteiger partial charge on any atom is 0.416 e. The first-order chi connectivity index (χ1) is 16.6. The molecule has 0 spiro atoms. The number of benzene rings is 3. The van der Waals surface area contributed by atoms with Crippen molar-refractivity contribution in [3.05, 3.63) is 77.1 Å². The van der Waals surface area contributed by atoms with Gasteiger partial charge in [-0.25, -0.2) is 9.18 Å². The number of alkyl halides is 3. The van der Waals surface area contributed by atoms with E-state index in [2.05, 4.69) is 5.32 Å². The third-order valence-electron chi connectivity index (χ3n) is 6.27. The van der Waals surface area contributed by atoms with Crippen molar-refractivity contribution in [2.24, 2.45) is 5.92 Å². The summed E-state index contributed by atoms with van der Waals surface area (Å²) >= 11 is 0. The molecule has 1 saturated carbocycles. The van der Waals surface area contributed by atoms with Crippen LogP contribution in [0.4, 0.5) is 17.6 Å². The lowest BCUT2D eigenvalue weighted by molar-refractivity contribution is -0.140. The van der Waals surface area contributed by atoms with Crippen LogP contribution in [0.15, 0.2) is 54.6 Å². The van der Waals surface area contributed by atoms with Gasteiger partial charge in [0.2, 0.25) is 0 Å². The number of carboxylic acid groups (broad SMARTS) is 1. The molecule has 3 aromatic carbocycles. The first kappa shape index (κ1) is 24.5. The van der Waals surface area contributed by atoms with Crippen LogP contribution in [0.2, 0.25) is 0 Å². The number of rotatable bonds is 7. The fourth-order valence-electron chi connectivity index (χ4n) is 4.44. The molecule has 1 atom stereocenters. The van der Waals surface area contributed by atoms with E-state index < -0.39 is 35.5 Å². The van der Waals surface area contributed by atoms with E-state index in [9.17, 15) is 32.3 Å². The Labute approximate surface area is 198 Å². The molecule has 1 unspecified atom stereocenters. The molecule has 3 aromatic rings. The minimum Gasteiger partial charge on any atom is -0.487 e. The molecular formula is C26H23F4NO4. The van der Waals surface area contributed by atoms with Gasteiger partial charge >= 0.3 is 12.1 Å². The summed E-state index contributed by atoms with van der Waals surface area (Å²) in [6.07, 6.45) is -1.28. The molecule has 184 valence electrons. The van der Waals surface area contributed by atoms with Crippen LogP contribution in [0.1, 0.15) is 47.2 Å². The molecule has 4 rings (SSSR count). The minimum atomic E-state index is -4.47. The average molecular weight is 489 g/mol. The van der Waals surface area contributed by atoms with E-state index in [1.165, 1.54) is 42.5 Å². The highest BCUT2D eigenvalue weighted by molar-refractivity contribution is 6.04. The number of hydrogen-bond acceptors (Lipinski definition) is 3. The fraction of sp³-hybridized carbons (Fsp3) is 0.308. The second-order valence-corrected chi connectivity index (χ2v) is 8.62. The van der Waals surface area contributed by atoms with Crippen LogP contribution in [0.3, 0.4) is 0 Å². The summed E-state index contributed by atoms with van der Waals surface area (Å²) in [4.78, 5) is 25.0. The Morgan fingerprint density at radius 1 is 1.03 bits per heavy atom. The Hall–Kier alpha value is -3.62. The topological polar surface area (TPSA) is 75.6 Å². The monoisotopic (exact) mass is 489 g/mol. The number of aliphatic carboxylic acids is 1. The van der Waals surface area contributed by atoms with Crippen LogP contribution in [0, 0.1) is 11.7 Å². The molecule has 35 heavy (non-hydrogen) atoms. The van der Waals surface area contributed by atoms with Gasteiger partial charge in [-0.15, -0.1) is 0 Å². The fourth-order valence-corrected chi connectivity index (χ4v) is 4.44.